The van der Waals surface area contributed by atoms with Crippen LogP contribution in [0.25, 0.3) is 21.9 Å². The monoisotopic (exact) mass is 464 g/mol. The van der Waals surface area contributed by atoms with Gasteiger partial charge in [0.15, 0.2) is 0 Å². The zero-order valence-corrected chi connectivity index (χ0v) is 18.2. The molecule has 0 bridgehead atoms. The summed E-state index contributed by atoms with van der Waals surface area (Å²) >= 11 is 2.41. The lowest BCUT2D eigenvalue weighted by Crippen LogP contribution is -2.16. The van der Waals surface area contributed by atoms with Crippen LogP contribution in [0.1, 0.15) is 25.0 Å². The third kappa shape index (κ3) is 4.08. The Labute approximate surface area is 176 Å². The molecule has 27 heavy (non-hydrogen) atoms. The second-order valence-corrected chi connectivity index (χ2v) is 8.47. The third-order valence-corrected chi connectivity index (χ3v) is 6.05. The Morgan fingerprint density at radius 2 is 1.70 bits per heavy atom. The van der Waals surface area contributed by atoms with Crippen molar-refractivity contribution in [2.24, 2.45) is 0 Å². The maximum Gasteiger partial charge on any atom is 0.0209 e. The van der Waals surface area contributed by atoms with Crippen molar-refractivity contribution in [3.8, 4) is 11.1 Å². The van der Waals surface area contributed by atoms with Crippen LogP contribution >= 0.6 is 22.6 Å². The first kappa shape index (κ1) is 19.6. The van der Waals surface area contributed by atoms with Gasteiger partial charge in [0.1, 0.15) is 0 Å². The molecule has 0 aliphatic rings. The van der Waals surface area contributed by atoms with E-state index >= 15 is 0 Å². The lowest BCUT2D eigenvalue weighted by atomic mass is 9.79. The average molecular weight is 464 g/mol. The van der Waals surface area contributed by atoms with E-state index in [2.05, 4.69) is 110 Å². The van der Waals surface area contributed by atoms with Crippen LogP contribution in [0.15, 0.2) is 92.1 Å². The quantitative estimate of drug-likeness (QED) is 0.198. The Morgan fingerprint density at radius 1 is 0.963 bits per heavy atom. The molecule has 0 saturated heterocycles. The van der Waals surface area contributed by atoms with Crippen molar-refractivity contribution in [3.63, 3.8) is 0 Å². The molecular weight excluding hydrogens is 439 g/mol. The van der Waals surface area contributed by atoms with Crippen molar-refractivity contribution in [2.75, 3.05) is 0 Å². The number of allylic oxidation sites excluding steroid dienone is 4. The van der Waals surface area contributed by atoms with Gasteiger partial charge < -0.3 is 0 Å². The Hall–Kier alpha value is -2.13. The summed E-state index contributed by atoms with van der Waals surface area (Å²) in [6.45, 7) is 12.3. The van der Waals surface area contributed by atoms with Gasteiger partial charge in [0.25, 0.3) is 0 Å². The minimum atomic E-state index is -0.0909. The topological polar surface area (TPSA) is 0 Å². The molecule has 3 rings (SSSR count). The van der Waals surface area contributed by atoms with Gasteiger partial charge in [-0.3, -0.25) is 0 Å². The lowest BCUT2D eigenvalue weighted by Gasteiger charge is -2.25. The molecule has 0 amide bonds. The van der Waals surface area contributed by atoms with Gasteiger partial charge in [0, 0.05) is 8.99 Å². The summed E-state index contributed by atoms with van der Waals surface area (Å²) in [6.07, 6.45) is 8.92. The Bertz CT molecular complexity index is 1020. The fourth-order valence-electron chi connectivity index (χ4n) is 3.44. The normalized spacial score (nSPS) is 11.8. The van der Waals surface area contributed by atoms with E-state index in [-0.39, 0.29) is 5.41 Å². The smallest absolute Gasteiger partial charge is 0.0209 e. The zero-order chi connectivity index (χ0) is 19.4. The van der Waals surface area contributed by atoms with E-state index in [1.54, 1.807) is 0 Å². The van der Waals surface area contributed by atoms with Gasteiger partial charge in [-0.25, -0.2) is 0 Å². The van der Waals surface area contributed by atoms with Gasteiger partial charge in [0.05, 0.1) is 0 Å². The van der Waals surface area contributed by atoms with Crippen molar-refractivity contribution < 1.29 is 0 Å². The highest BCUT2D eigenvalue weighted by atomic mass is 127. The van der Waals surface area contributed by atoms with Crippen LogP contribution < -0.4 is 0 Å². The minimum absolute atomic E-state index is 0.0909. The molecule has 0 atom stereocenters. The molecule has 1 heteroatoms. The van der Waals surface area contributed by atoms with E-state index in [4.69, 9.17) is 0 Å². The van der Waals surface area contributed by atoms with Gasteiger partial charge in [-0.2, -0.15) is 0 Å². The SMILES string of the molecule is C=C/C=C\Cc1ccc(-c2ccc(I)c3ccccc23)cc1C(C)(C)C=C. The van der Waals surface area contributed by atoms with E-state index in [0.717, 1.165) is 6.42 Å². The second-order valence-electron chi connectivity index (χ2n) is 7.31. The number of halogens is 1. The first-order valence-electron chi connectivity index (χ1n) is 9.20. The van der Waals surface area contributed by atoms with E-state index in [1.165, 1.54) is 36.6 Å². The highest BCUT2D eigenvalue weighted by Crippen LogP contribution is 2.36. The number of hydrogen-bond acceptors (Lipinski definition) is 0. The van der Waals surface area contributed by atoms with Gasteiger partial charge in [-0.05, 0) is 74.2 Å². The van der Waals surface area contributed by atoms with Crippen LogP contribution in [0.3, 0.4) is 0 Å². The number of rotatable bonds is 6. The van der Waals surface area contributed by atoms with E-state index in [0.29, 0.717) is 0 Å². The summed E-state index contributed by atoms with van der Waals surface area (Å²) < 4.78 is 1.28. The molecule has 3 aromatic carbocycles. The Kier molecular flexibility index (Phi) is 6.01. The summed E-state index contributed by atoms with van der Waals surface area (Å²) in [6, 6.07) is 19.9. The predicted molar refractivity (Wildman–Crippen MR) is 128 cm³/mol. The molecule has 0 nitrogen and oxygen atoms in total. The van der Waals surface area contributed by atoms with Crippen LogP contribution in [0, 0.1) is 3.57 Å². The maximum atomic E-state index is 4.08. The number of hydrogen-bond donors (Lipinski definition) is 0. The van der Waals surface area contributed by atoms with Crippen LogP contribution in [0.5, 0.6) is 0 Å². The van der Waals surface area contributed by atoms with Crippen LogP contribution in [0.2, 0.25) is 0 Å². The minimum Gasteiger partial charge on any atom is -0.102 e. The van der Waals surface area contributed by atoms with Gasteiger partial charge in [-0.1, -0.05) is 87.2 Å². The van der Waals surface area contributed by atoms with Gasteiger partial charge >= 0.3 is 0 Å². The molecule has 0 fully saturated rings. The molecule has 0 aliphatic carbocycles. The van der Waals surface area contributed by atoms with Crippen molar-refractivity contribution in [3.05, 3.63) is 107 Å². The third-order valence-electron chi connectivity index (χ3n) is 5.11. The molecular formula is C26H25I. The predicted octanol–water partition coefficient (Wildman–Crippen LogP) is 7.86. The van der Waals surface area contributed by atoms with Crippen molar-refractivity contribution in [1.82, 2.24) is 0 Å². The van der Waals surface area contributed by atoms with Crippen LogP contribution in [-0.2, 0) is 11.8 Å². The number of benzene rings is 3. The summed E-state index contributed by atoms with van der Waals surface area (Å²) in [7, 11) is 0. The summed E-state index contributed by atoms with van der Waals surface area (Å²) in [5, 5.41) is 2.60. The van der Waals surface area contributed by atoms with Crippen LogP contribution in [-0.4, -0.2) is 0 Å². The van der Waals surface area contributed by atoms with E-state index in [9.17, 15) is 0 Å². The highest BCUT2D eigenvalue weighted by Gasteiger charge is 2.20. The summed E-state index contributed by atoms with van der Waals surface area (Å²) in [4.78, 5) is 0. The molecule has 136 valence electrons. The van der Waals surface area contributed by atoms with E-state index < -0.39 is 0 Å². The lowest BCUT2D eigenvalue weighted by molar-refractivity contribution is 0.664. The molecule has 0 heterocycles. The number of fused-ring (bicyclic) bond motifs is 1. The average Bonchev–Trinajstić information content (AvgIpc) is 2.69. The molecule has 0 unspecified atom stereocenters. The second kappa shape index (κ2) is 8.26. The molecule has 3 aromatic rings. The zero-order valence-electron chi connectivity index (χ0n) is 16.0. The van der Waals surface area contributed by atoms with Gasteiger partial charge in [-0.15, -0.1) is 6.58 Å². The first-order valence-corrected chi connectivity index (χ1v) is 10.3. The Balaban J connectivity index is 2.20. The summed E-state index contributed by atoms with van der Waals surface area (Å²) in [5.41, 5.74) is 5.10. The standard InChI is InChI=1S/C26H25I/c1-5-7-8-11-19-14-15-20(18-24(19)26(3,4)6-2)21-16-17-25(27)23-13-10-9-12-22(21)23/h5-10,12-18H,1-2,11H2,3-4H3/b8-7-. The molecule has 0 radical (unpaired) electrons. The highest BCUT2D eigenvalue weighted by molar-refractivity contribution is 14.1. The molecule has 0 aromatic heterocycles. The van der Waals surface area contributed by atoms with Crippen LogP contribution in [0.4, 0.5) is 0 Å². The van der Waals surface area contributed by atoms with Crippen molar-refractivity contribution in [2.45, 2.75) is 25.7 Å². The molecule has 0 aliphatic heterocycles. The van der Waals surface area contributed by atoms with E-state index in [1.807, 2.05) is 18.2 Å². The Morgan fingerprint density at radius 3 is 2.41 bits per heavy atom. The van der Waals surface area contributed by atoms with Crippen molar-refractivity contribution >= 4 is 33.4 Å². The van der Waals surface area contributed by atoms with Crippen molar-refractivity contribution in [1.29, 1.82) is 0 Å². The summed E-state index contributed by atoms with van der Waals surface area (Å²) in [5.74, 6) is 0. The fourth-order valence-corrected chi connectivity index (χ4v) is 4.09. The molecule has 0 saturated carbocycles. The molecule has 0 spiro atoms. The first-order chi connectivity index (χ1) is 13.0. The largest absolute Gasteiger partial charge is 0.102 e. The molecule has 0 N–H and O–H groups in total. The maximum absolute atomic E-state index is 4.08. The fraction of sp³-hybridized carbons (Fsp3) is 0.154. The van der Waals surface area contributed by atoms with Gasteiger partial charge in [0.2, 0.25) is 0 Å².